The fraction of sp³-hybridized carbons (Fsp3) is 0.174. The maximum atomic E-state index is 13.6. The third-order valence-corrected chi connectivity index (χ3v) is 5.57. The Labute approximate surface area is 178 Å². The van der Waals surface area contributed by atoms with Crippen LogP contribution in [0.3, 0.4) is 0 Å². The maximum absolute atomic E-state index is 13.6. The van der Waals surface area contributed by atoms with Gasteiger partial charge in [0.15, 0.2) is 5.13 Å². The molecule has 0 bridgehead atoms. The largest absolute Gasteiger partial charge is 0.497 e. The van der Waals surface area contributed by atoms with Crippen LogP contribution < -0.4 is 14.4 Å². The lowest BCUT2D eigenvalue weighted by atomic mass is 10.2. The van der Waals surface area contributed by atoms with E-state index in [0.717, 1.165) is 21.5 Å². The van der Waals surface area contributed by atoms with Crippen molar-refractivity contribution in [2.24, 2.45) is 0 Å². The number of methoxy groups -OCH3 is 1. The van der Waals surface area contributed by atoms with Gasteiger partial charge in [-0.05, 0) is 42.8 Å². The molecule has 0 radical (unpaired) electrons. The Bertz CT molecular complexity index is 1160. The van der Waals surface area contributed by atoms with Gasteiger partial charge < -0.3 is 9.47 Å². The number of carbonyl (C=O) groups excluding carboxylic acids is 1. The van der Waals surface area contributed by atoms with Crippen molar-refractivity contribution in [3.63, 3.8) is 0 Å². The van der Waals surface area contributed by atoms with E-state index >= 15 is 0 Å². The molecular weight excluding hydrogens is 398 g/mol. The number of anilines is 1. The summed E-state index contributed by atoms with van der Waals surface area (Å²) < 4.78 is 11.9. The van der Waals surface area contributed by atoms with Gasteiger partial charge >= 0.3 is 0 Å². The second-order valence-corrected chi connectivity index (χ2v) is 7.51. The van der Waals surface area contributed by atoms with Gasteiger partial charge in [-0.2, -0.15) is 0 Å². The first-order valence-corrected chi connectivity index (χ1v) is 10.4. The molecule has 0 N–H and O–H groups in total. The summed E-state index contributed by atoms with van der Waals surface area (Å²) in [4.78, 5) is 24.2. The number of rotatable bonds is 7. The number of nitrogens with zero attached hydrogens (tertiary/aromatic N) is 3. The second-order valence-electron chi connectivity index (χ2n) is 6.50. The fourth-order valence-corrected chi connectivity index (χ4v) is 4.07. The third-order valence-electron chi connectivity index (χ3n) is 4.53. The maximum Gasteiger partial charge on any atom is 0.265 e. The van der Waals surface area contributed by atoms with E-state index in [1.165, 1.54) is 11.3 Å². The van der Waals surface area contributed by atoms with Gasteiger partial charge in [0, 0.05) is 6.20 Å². The zero-order chi connectivity index (χ0) is 20.9. The first kappa shape index (κ1) is 19.8. The van der Waals surface area contributed by atoms with Crippen molar-refractivity contribution in [2.45, 2.75) is 13.5 Å². The average molecular weight is 420 g/mol. The van der Waals surface area contributed by atoms with E-state index in [1.54, 1.807) is 30.3 Å². The van der Waals surface area contributed by atoms with Crippen molar-refractivity contribution in [3.8, 4) is 11.6 Å². The summed E-state index contributed by atoms with van der Waals surface area (Å²) in [5.41, 5.74) is 2.23. The molecular formula is C23H21N3O3S. The van der Waals surface area contributed by atoms with Crippen LogP contribution >= 0.6 is 11.3 Å². The number of hydrogen-bond donors (Lipinski definition) is 0. The van der Waals surface area contributed by atoms with E-state index in [2.05, 4.69) is 4.98 Å². The molecule has 6 nitrogen and oxygen atoms in total. The molecule has 4 aromatic rings. The first-order valence-electron chi connectivity index (χ1n) is 9.57. The summed E-state index contributed by atoms with van der Waals surface area (Å²) in [6, 6.07) is 19.0. The van der Waals surface area contributed by atoms with Gasteiger partial charge in [-0.25, -0.2) is 9.97 Å². The monoisotopic (exact) mass is 419 g/mol. The molecule has 7 heteroatoms. The minimum atomic E-state index is -0.207. The van der Waals surface area contributed by atoms with E-state index in [9.17, 15) is 4.79 Å². The standard InChI is InChI=1S/C23H21N3O3S/c1-3-29-21-18(10-7-13-24-21)22(27)26(15-16-8-5-4-6-9-16)23-25-19-12-11-17(28-2)14-20(19)30-23/h4-14H,3,15H2,1-2H3. The van der Waals surface area contributed by atoms with E-state index in [-0.39, 0.29) is 5.91 Å². The molecule has 2 aromatic carbocycles. The lowest BCUT2D eigenvalue weighted by Crippen LogP contribution is -2.31. The average Bonchev–Trinajstić information content (AvgIpc) is 3.21. The van der Waals surface area contributed by atoms with Crippen molar-refractivity contribution >= 4 is 32.6 Å². The SMILES string of the molecule is CCOc1ncccc1C(=O)N(Cc1ccccc1)c1nc2ccc(OC)cc2s1. The second kappa shape index (κ2) is 8.92. The predicted molar refractivity (Wildman–Crippen MR) is 119 cm³/mol. The fourth-order valence-electron chi connectivity index (χ4n) is 3.08. The molecule has 2 aromatic heterocycles. The number of fused-ring (bicyclic) bond motifs is 1. The number of benzene rings is 2. The van der Waals surface area contributed by atoms with Crippen molar-refractivity contribution in [3.05, 3.63) is 78.0 Å². The molecule has 1 amide bonds. The van der Waals surface area contributed by atoms with Crippen molar-refractivity contribution in [1.29, 1.82) is 0 Å². The lowest BCUT2D eigenvalue weighted by molar-refractivity contribution is 0.0980. The highest BCUT2D eigenvalue weighted by atomic mass is 32.1. The van der Waals surface area contributed by atoms with E-state index in [1.807, 2.05) is 55.5 Å². The molecule has 152 valence electrons. The van der Waals surface area contributed by atoms with Gasteiger partial charge in [-0.15, -0.1) is 0 Å². The number of amides is 1. The molecule has 4 rings (SSSR count). The Morgan fingerprint density at radius 2 is 1.93 bits per heavy atom. The molecule has 0 aliphatic carbocycles. The number of ether oxygens (including phenoxy) is 2. The van der Waals surface area contributed by atoms with Crippen LogP contribution in [-0.2, 0) is 6.54 Å². The van der Waals surface area contributed by atoms with Crippen molar-refractivity contribution in [1.82, 2.24) is 9.97 Å². The zero-order valence-electron chi connectivity index (χ0n) is 16.7. The Hall–Kier alpha value is -3.45. The predicted octanol–water partition coefficient (Wildman–Crippen LogP) is 4.95. The molecule has 0 unspecified atom stereocenters. The third kappa shape index (κ3) is 4.11. The van der Waals surface area contributed by atoms with Crippen LogP contribution in [0, 0.1) is 0 Å². The highest BCUT2D eigenvalue weighted by Gasteiger charge is 2.25. The lowest BCUT2D eigenvalue weighted by Gasteiger charge is -2.21. The molecule has 0 aliphatic heterocycles. The van der Waals surface area contributed by atoms with Crippen LogP contribution in [0.25, 0.3) is 10.2 Å². The van der Waals surface area contributed by atoms with Crippen LogP contribution in [0.15, 0.2) is 66.9 Å². The molecule has 0 fully saturated rings. The zero-order valence-corrected chi connectivity index (χ0v) is 17.6. The Kier molecular flexibility index (Phi) is 5.90. The van der Waals surface area contributed by atoms with Gasteiger partial charge in [0.25, 0.3) is 5.91 Å². The molecule has 0 saturated carbocycles. The van der Waals surface area contributed by atoms with E-state index < -0.39 is 0 Å². The van der Waals surface area contributed by atoms with Crippen molar-refractivity contribution < 1.29 is 14.3 Å². The smallest absolute Gasteiger partial charge is 0.265 e. The minimum Gasteiger partial charge on any atom is -0.497 e. The van der Waals surface area contributed by atoms with Crippen LogP contribution in [0.2, 0.25) is 0 Å². The van der Waals surface area contributed by atoms with Gasteiger partial charge in [0.05, 0.1) is 30.5 Å². The molecule has 30 heavy (non-hydrogen) atoms. The number of pyridine rings is 1. The van der Waals surface area contributed by atoms with E-state index in [0.29, 0.717) is 29.7 Å². The molecule has 0 aliphatic rings. The Balaban J connectivity index is 1.78. The summed E-state index contributed by atoms with van der Waals surface area (Å²) >= 11 is 1.45. The normalized spacial score (nSPS) is 10.7. The first-order chi connectivity index (χ1) is 14.7. The topological polar surface area (TPSA) is 64.5 Å². The summed E-state index contributed by atoms with van der Waals surface area (Å²) in [6.07, 6.45) is 1.62. The molecule has 2 heterocycles. The van der Waals surface area contributed by atoms with Crippen LogP contribution in [-0.4, -0.2) is 29.6 Å². The molecule has 0 saturated heterocycles. The summed E-state index contributed by atoms with van der Waals surface area (Å²) in [7, 11) is 1.63. The Morgan fingerprint density at radius 3 is 2.70 bits per heavy atom. The number of aromatic nitrogens is 2. The van der Waals surface area contributed by atoms with Gasteiger partial charge in [0.2, 0.25) is 5.88 Å². The summed E-state index contributed by atoms with van der Waals surface area (Å²) in [6.45, 7) is 2.68. The van der Waals surface area contributed by atoms with Crippen LogP contribution in [0.1, 0.15) is 22.8 Å². The van der Waals surface area contributed by atoms with Gasteiger partial charge in [-0.3, -0.25) is 9.69 Å². The van der Waals surface area contributed by atoms with Crippen LogP contribution in [0.5, 0.6) is 11.6 Å². The molecule has 0 atom stereocenters. The van der Waals surface area contributed by atoms with Gasteiger partial charge in [0.1, 0.15) is 11.3 Å². The van der Waals surface area contributed by atoms with E-state index in [4.69, 9.17) is 14.5 Å². The number of hydrogen-bond acceptors (Lipinski definition) is 6. The highest BCUT2D eigenvalue weighted by Crippen LogP contribution is 2.33. The number of carbonyl (C=O) groups is 1. The van der Waals surface area contributed by atoms with Crippen molar-refractivity contribution in [2.75, 3.05) is 18.6 Å². The summed E-state index contributed by atoms with van der Waals surface area (Å²) in [5, 5.41) is 0.610. The highest BCUT2D eigenvalue weighted by molar-refractivity contribution is 7.22. The molecule has 0 spiro atoms. The number of thiazole rings is 1. The Morgan fingerprint density at radius 1 is 1.10 bits per heavy atom. The summed E-state index contributed by atoms with van der Waals surface area (Å²) in [5.74, 6) is 0.872. The van der Waals surface area contributed by atoms with Gasteiger partial charge in [-0.1, -0.05) is 41.7 Å². The minimum absolute atomic E-state index is 0.207. The van der Waals surface area contributed by atoms with Crippen LogP contribution in [0.4, 0.5) is 5.13 Å². The quantitative estimate of drug-likeness (QED) is 0.424.